The molecule has 0 aliphatic rings. The van der Waals surface area contributed by atoms with E-state index in [9.17, 15) is 24.0 Å². The first kappa shape index (κ1) is 24.3. The molecule has 0 aromatic rings. The molecule has 0 spiro atoms. The van der Waals surface area contributed by atoms with Crippen LogP contribution in [0.1, 0.15) is 40.0 Å². The van der Waals surface area contributed by atoms with Gasteiger partial charge in [0.1, 0.15) is 12.1 Å². The predicted octanol–water partition coefficient (Wildman–Crippen LogP) is -1.59. The van der Waals surface area contributed by atoms with Crippen molar-refractivity contribution in [3.05, 3.63) is 0 Å². The minimum absolute atomic E-state index is 0.0588. The molecule has 0 aromatic carbocycles. The Morgan fingerprint density at radius 3 is 2.07 bits per heavy atom. The van der Waals surface area contributed by atoms with E-state index in [2.05, 4.69) is 16.0 Å². The first-order valence-electron chi connectivity index (χ1n) is 8.57. The number of carbonyl (C=O) groups excluding carboxylic acids is 3. The van der Waals surface area contributed by atoms with E-state index < -0.39 is 54.2 Å². The van der Waals surface area contributed by atoms with Gasteiger partial charge in [0.2, 0.25) is 17.7 Å². The van der Waals surface area contributed by atoms with Crippen molar-refractivity contribution >= 4 is 29.7 Å². The van der Waals surface area contributed by atoms with Crippen LogP contribution in [-0.4, -0.2) is 64.5 Å². The zero-order chi connectivity index (χ0) is 21.1. The van der Waals surface area contributed by atoms with Crippen LogP contribution in [-0.2, 0) is 24.0 Å². The summed E-state index contributed by atoms with van der Waals surface area (Å²) in [6.07, 6.45) is -0.0221. The van der Waals surface area contributed by atoms with Crippen molar-refractivity contribution in [1.29, 1.82) is 0 Å². The Morgan fingerprint density at radius 2 is 1.59 bits per heavy atom. The molecule has 11 nitrogen and oxygen atoms in total. The zero-order valence-corrected chi connectivity index (χ0v) is 15.7. The Hall–Kier alpha value is -2.69. The molecule has 0 aliphatic carbocycles. The smallest absolute Gasteiger partial charge is 0.326 e. The third-order valence-corrected chi connectivity index (χ3v) is 4.02. The number of hydrogen-bond acceptors (Lipinski definition) is 6. The molecule has 0 heterocycles. The van der Waals surface area contributed by atoms with E-state index in [0.717, 1.165) is 0 Å². The second-order valence-corrected chi connectivity index (χ2v) is 6.25. The molecule has 0 saturated heterocycles. The molecule has 4 atom stereocenters. The van der Waals surface area contributed by atoms with E-state index in [1.54, 1.807) is 6.92 Å². The quantitative estimate of drug-likeness (QED) is 0.231. The fourth-order valence-corrected chi connectivity index (χ4v) is 1.98. The molecule has 154 valence electrons. The lowest BCUT2D eigenvalue weighted by atomic mass is 9.99. The number of carboxylic acid groups (broad SMARTS) is 2. The number of nitrogens with one attached hydrogen (secondary N) is 3. The monoisotopic (exact) mass is 388 g/mol. The zero-order valence-electron chi connectivity index (χ0n) is 15.7. The van der Waals surface area contributed by atoms with Gasteiger partial charge in [0.25, 0.3) is 0 Å². The summed E-state index contributed by atoms with van der Waals surface area (Å²) >= 11 is 0. The van der Waals surface area contributed by atoms with Crippen LogP contribution in [0.2, 0.25) is 0 Å². The SMILES string of the molecule is CCC(C)C(N)C(=O)NCC(=O)NC(C)C(=O)NC(CCC(=O)O)C(=O)O. The van der Waals surface area contributed by atoms with Crippen LogP contribution in [0.15, 0.2) is 0 Å². The summed E-state index contributed by atoms with van der Waals surface area (Å²) in [6.45, 7) is 4.63. The standard InChI is InChI=1S/C16H28N4O7/c1-4-8(2)13(17)15(25)18-7-11(21)19-9(3)14(24)20-10(16(26)27)5-6-12(22)23/h8-10,13H,4-7,17H2,1-3H3,(H,18,25)(H,19,21)(H,20,24)(H,22,23)(H,26,27). The van der Waals surface area contributed by atoms with E-state index in [1.807, 2.05) is 6.92 Å². The fourth-order valence-electron chi connectivity index (χ4n) is 1.98. The second-order valence-electron chi connectivity index (χ2n) is 6.25. The number of amides is 3. The molecule has 0 bridgehead atoms. The van der Waals surface area contributed by atoms with E-state index >= 15 is 0 Å². The predicted molar refractivity (Wildman–Crippen MR) is 94.5 cm³/mol. The average Bonchev–Trinajstić information content (AvgIpc) is 2.60. The highest BCUT2D eigenvalue weighted by Crippen LogP contribution is 2.04. The third kappa shape index (κ3) is 9.54. The molecular formula is C16H28N4O7. The fraction of sp³-hybridized carbons (Fsp3) is 0.688. The summed E-state index contributed by atoms with van der Waals surface area (Å²) in [5, 5.41) is 24.4. The maximum Gasteiger partial charge on any atom is 0.326 e. The van der Waals surface area contributed by atoms with Crippen LogP contribution >= 0.6 is 0 Å². The number of nitrogens with two attached hydrogens (primary N) is 1. The van der Waals surface area contributed by atoms with Gasteiger partial charge in [0.15, 0.2) is 0 Å². The maximum absolute atomic E-state index is 12.0. The summed E-state index contributed by atoms with van der Waals surface area (Å²) < 4.78 is 0. The van der Waals surface area contributed by atoms with E-state index in [0.29, 0.717) is 6.42 Å². The average molecular weight is 388 g/mol. The molecule has 11 heteroatoms. The highest BCUT2D eigenvalue weighted by Gasteiger charge is 2.25. The maximum atomic E-state index is 12.0. The molecule has 0 radical (unpaired) electrons. The van der Waals surface area contributed by atoms with Crippen molar-refractivity contribution in [2.24, 2.45) is 11.7 Å². The molecule has 0 rings (SSSR count). The van der Waals surface area contributed by atoms with Crippen LogP contribution in [0, 0.1) is 5.92 Å². The topological polar surface area (TPSA) is 188 Å². The lowest BCUT2D eigenvalue weighted by Crippen LogP contribution is -2.53. The molecule has 0 aromatic heterocycles. The molecule has 4 unspecified atom stereocenters. The Bertz CT molecular complexity index is 567. The van der Waals surface area contributed by atoms with Gasteiger partial charge in [0, 0.05) is 6.42 Å². The van der Waals surface area contributed by atoms with Crippen molar-refractivity contribution in [3.8, 4) is 0 Å². The van der Waals surface area contributed by atoms with Crippen molar-refractivity contribution < 1.29 is 34.2 Å². The van der Waals surface area contributed by atoms with Crippen LogP contribution in [0.3, 0.4) is 0 Å². The second kappa shape index (κ2) is 11.8. The minimum Gasteiger partial charge on any atom is -0.481 e. The van der Waals surface area contributed by atoms with Gasteiger partial charge in [-0.15, -0.1) is 0 Å². The number of carbonyl (C=O) groups is 5. The minimum atomic E-state index is -1.39. The van der Waals surface area contributed by atoms with Gasteiger partial charge in [-0.3, -0.25) is 19.2 Å². The molecule has 3 amide bonds. The number of carboxylic acids is 2. The van der Waals surface area contributed by atoms with Crippen molar-refractivity contribution in [2.45, 2.75) is 58.2 Å². The largest absolute Gasteiger partial charge is 0.481 e. The molecule has 7 N–H and O–H groups in total. The normalized spacial score (nSPS) is 15.0. The van der Waals surface area contributed by atoms with Crippen LogP contribution in [0.5, 0.6) is 0 Å². The molecule has 0 saturated carbocycles. The highest BCUT2D eigenvalue weighted by molar-refractivity contribution is 5.92. The van der Waals surface area contributed by atoms with Gasteiger partial charge in [-0.1, -0.05) is 20.3 Å². The number of aliphatic carboxylic acids is 2. The van der Waals surface area contributed by atoms with Crippen LogP contribution in [0.25, 0.3) is 0 Å². The molecule has 27 heavy (non-hydrogen) atoms. The van der Waals surface area contributed by atoms with Gasteiger partial charge in [-0.25, -0.2) is 4.79 Å². The van der Waals surface area contributed by atoms with Gasteiger partial charge in [-0.2, -0.15) is 0 Å². The summed E-state index contributed by atoms with van der Waals surface area (Å²) in [4.78, 5) is 57.2. The summed E-state index contributed by atoms with van der Waals surface area (Å²) in [7, 11) is 0. The third-order valence-electron chi connectivity index (χ3n) is 4.02. The molecule has 0 aliphatic heterocycles. The number of rotatable bonds is 12. The highest BCUT2D eigenvalue weighted by atomic mass is 16.4. The Kier molecular flexibility index (Phi) is 10.7. The Balaban J connectivity index is 4.48. The summed E-state index contributed by atoms with van der Waals surface area (Å²) in [5.41, 5.74) is 5.73. The van der Waals surface area contributed by atoms with Crippen molar-refractivity contribution in [2.75, 3.05) is 6.54 Å². The van der Waals surface area contributed by atoms with E-state index in [4.69, 9.17) is 15.9 Å². The van der Waals surface area contributed by atoms with E-state index in [1.165, 1.54) is 6.92 Å². The molecular weight excluding hydrogens is 360 g/mol. The number of hydrogen-bond donors (Lipinski definition) is 6. The lowest BCUT2D eigenvalue weighted by Gasteiger charge is -2.19. The first-order chi connectivity index (χ1) is 12.5. The molecule has 0 fully saturated rings. The lowest BCUT2D eigenvalue weighted by molar-refractivity contribution is -0.143. The van der Waals surface area contributed by atoms with Gasteiger partial charge < -0.3 is 31.9 Å². The van der Waals surface area contributed by atoms with Crippen LogP contribution < -0.4 is 21.7 Å². The van der Waals surface area contributed by atoms with Crippen molar-refractivity contribution in [1.82, 2.24) is 16.0 Å². The van der Waals surface area contributed by atoms with Gasteiger partial charge >= 0.3 is 11.9 Å². The van der Waals surface area contributed by atoms with Crippen molar-refractivity contribution in [3.63, 3.8) is 0 Å². The van der Waals surface area contributed by atoms with Gasteiger partial charge in [-0.05, 0) is 19.3 Å². The Morgan fingerprint density at radius 1 is 1.00 bits per heavy atom. The summed E-state index contributed by atoms with van der Waals surface area (Å²) in [5.74, 6) is -4.56. The first-order valence-corrected chi connectivity index (χ1v) is 8.57. The van der Waals surface area contributed by atoms with Gasteiger partial charge in [0.05, 0.1) is 12.6 Å². The summed E-state index contributed by atoms with van der Waals surface area (Å²) in [6, 6.07) is -3.22. The van der Waals surface area contributed by atoms with E-state index in [-0.39, 0.29) is 18.9 Å². The van der Waals surface area contributed by atoms with Crippen LogP contribution in [0.4, 0.5) is 0 Å². The Labute approximate surface area is 157 Å².